The molecule has 0 spiro atoms. The van der Waals surface area contributed by atoms with Crippen LogP contribution in [0, 0.1) is 0 Å². The zero-order valence-electron chi connectivity index (χ0n) is 15.6. The van der Waals surface area contributed by atoms with E-state index in [1.54, 1.807) is 14.0 Å². The molecular formula is C15H35NO7P+. The maximum absolute atomic E-state index is 11.7. The number of phosphoric ester groups is 1. The van der Waals surface area contributed by atoms with Gasteiger partial charge in [0.2, 0.25) is 0 Å². The van der Waals surface area contributed by atoms with Gasteiger partial charge in [-0.15, -0.1) is 0 Å². The Morgan fingerprint density at radius 2 is 1.79 bits per heavy atom. The van der Waals surface area contributed by atoms with E-state index in [4.69, 9.17) is 23.6 Å². The van der Waals surface area contributed by atoms with Crippen molar-refractivity contribution in [2.75, 3.05) is 61.2 Å². The molecule has 8 nitrogen and oxygen atoms in total. The fraction of sp³-hybridized carbons (Fsp3) is 1.00. The average molecular weight is 372 g/mol. The molecule has 2 N–H and O–H groups in total. The number of unbranched alkanes of at least 4 members (excludes halogenated alkanes) is 1. The van der Waals surface area contributed by atoms with Crippen LogP contribution in [0.1, 0.15) is 26.2 Å². The Hall–Kier alpha value is -0.0500. The van der Waals surface area contributed by atoms with Crippen molar-refractivity contribution in [2.45, 2.75) is 38.4 Å². The van der Waals surface area contributed by atoms with Crippen LogP contribution in [0.25, 0.3) is 0 Å². The van der Waals surface area contributed by atoms with Gasteiger partial charge in [0.25, 0.3) is 0 Å². The summed E-state index contributed by atoms with van der Waals surface area (Å²) in [5.74, 6) is 0. The van der Waals surface area contributed by atoms with Crippen molar-refractivity contribution >= 4 is 7.82 Å². The Balaban J connectivity index is 3.76. The van der Waals surface area contributed by atoms with Gasteiger partial charge >= 0.3 is 7.82 Å². The molecule has 0 radical (unpaired) electrons. The quantitative estimate of drug-likeness (QED) is 0.255. The highest BCUT2D eigenvalue weighted by atomic mass is 31.2. The SMILES string of the molecule is COC(CO)CCCCO[C@H](C)COP(=O)(O)OCC[N+](C)(C)C. The molecule has 0 amide bonds. The van der Waals surface area contributed by atoms with Crippen molar-refractivity contribution in [3.8, 4) is 0 Å². The smallest absolute Gasteiger partial charge is 0.394 e. The predicted molar refractivity (Wildman–Crippen MR) is 91.8 cm³/mol. The molecule has 24 heavy (non-hydrogen) atoms. The lowest BCUT2D eigenvalue weighted by molar-refractivity contribution is -0.870. The Morgan fingerprint density at radius 3 is 2.33 bits per heavy atom. The summed E-state index contributed by atoms with van der Waals surface area (Å²) in [6.45, 7) is 3.06. The minimum Gasteiger partial charge on any atom is -0.394 e. The van der Waals surface area contributed by atoms with Crippen LogP contribution < -0.4 is 0 Å². The number of hydrogen-bond acceptors (Lipinski definition) is 6. The lowest BCUT2D eigenvalue weighted by atomic mass is 10.1. The molecule has 0 aromatic rings. The summed E-state index contributed by atoms with van der Waals surface area (Å²) in [4.78, 5) is 9.60. The first kappa shape index (κ1) is 23.9. The van der Waals surface area contributed by atoms with Gasteiger partial charge in [0.1, 0.15) is 13.2 Å². The summed E-state index contributed by atoms with van der Waals surface area (Å²) in [5, 5.41) is 8.99. The number of rotatable bonds is 15. The molecule has 0 aliphatic carbocycles. The molecule has 0 aliphatic rings. The summed E-state index contributed by atoms with van der Waals surface area (Å²) >= 11 is 0. The molecular weight excluding hydrogens is 337 g/mol. The molecule has 0 rings (SSSR count). The standard InChI is InChI=1S/C15H34NO7P/c1-14(21-10-7-6-8-15(12-17)20-5)13-23-24(18,19)22-11-9-16(2,3)4/h14-15,17H,6-13H2,1-5H3/p+1/t14-,15?/m1/s1. The second kappa shape index (κ2) is 12.3. The van der Waals surface area contributed by atoms with Gasteiger partial charge in [-0.1, -0.05) is 0 Å². The summed E-state index contributed by atoms with van der Waals surface area (Å²) in [6.07, 6.45) is 2.03. The van der Waals surface area contributed by atoms with E-state index < -0.39 is 7.82 Å². The first-order valence-corrected chi connectivity index (χ1v) is 9.77. The van der Waals surface area contributed by atoms with Crippen molar-refractivity contribution in [2.24, 2.45) is 0 Å². The Labute approximate surface area is 145 Å². The molecule has 0 saturated heterocycles. The molecule has 0 heterocycles. The van der Waals surface area contributed by atoms with Crippen LogP contribution >= 0.6 is 7.82 Å². The van der Waals surface area contributed by atoms with Gasteiger partial charge in [0.05, 0.1) is 46.6 Å². The summed E-state index contributed by atoms with van der Waals surface area (Å²) < 4.78 is 32.8. The van der Waals surface area contributed by atoms with Crippen molar-refractivity contribution in [1.82, 2.24) is 0 Å². The van der Waals surface area contributed by atoms with Crippen LogP contribution in [0.15, 0.2) is 0 Å². The van der Waals surface area contributed by atoms with Crippen molar-refractivity contribution in [1.29, 1.82) is 0 Å². The van der Waals surface area contributed by atoms with Crippen LogP contribution in [0.4, 0.5) is 0 Å². The fourth-order valence-corrected chi connectivity index (χ4v) is 2.54. The molecule has 0 aromatic heterocycles. The molecule has 0 saturated carbocycles. The van der Waals surface area contributed by atoms with Gasteiger partial charge in [0.15, 0.2) is 0 Å². The maximum Gasteiger partial charge on any atom is 0.472 e. The van der Waals surface area contributed by atoms with Crippen molar-refractivity contribution < 1.29 is 37.6 Å². The van der Waals surface area contributed by atoms with E-state index in [2.05, 4.69) is 0 Å². The highest BCUT2D eigenvalue weighted by molar-refractivity contribution is 7.47. The molecule has 0 bridgehead atoms. The molecule has 0 aromatic carbocycles. The molecule has 2 unspecified atom stereocenters. The van der Waals surface area contributed by atoms with Crippen LogP contribution in [-0.2, 0) is 23.1 Å². The summed E-state index contributed by atoms with van der Waals surface area (Å²) in [6, 6.07) is 0. The lowest BCUT2D eigenvalue weighted by Crippen LogP contribution is -2.37. The highest BCUT2D eigenvalue weighted by Gasteiger charge is 2.23. The van der Waals surface area contributed by atoms with Gasteiger partial charge in [-0.05, 0) is 26.2 Å². The molecule has 146 valence electrons. The van der Waals surface area contributed by atoms with Crippen molar-refractivity contribution in [3.05, 3.63) is 0 Å². The number of aliphatic hydroxyl groups is 1. The first-order chi connectivity index (χ1) is 11.1. The maximum atomic E-state index is 11.7. The van der Waals surface area contributed by atoms with Gasteiger partial charge in [-0.3, -0.25) is 9.05 Å². The van der Waals surface area contributed by atoms with Crippen LogP contribution in [0.2, 0.25) is 0 Å². The Bertz CT molecular complexity index is 358. The van der Waals surface area contributed by atoms with E-state index in [9.17, 15) is 9.46 Å². The highest BCUT2D eigenvalue weighted by Crippen LogP contribution is 2.43. The minimum atomic E-state index is -4.03. The van der Waals surface area contributed by atoms with E-state index in [1.807, 2.05) is 21.1 Å². The van der Waals surface area contributed by atoms with E-state index in [0.717, 1.165) is 19.3 Å². The van der Waals surface area contributed by atoms with E-state index >= 15 is 0 Å². The molecule has 3 atom stereocenters. The second-order valence-electron chi connectivity index (χ2n) is 6.83. The van der Waals surface area contributed by atoms with Crippen LogP contribution in [-0.4, -0.2) is 87.9 Å². The van der Waals surface area contributed by atoms with Gasteiger partial charge in [-0.25, -0.2) is 4.57 Å². The van der Waals surface area contributed by atoms with E-state index in [1.165, 1.54) is 0 Å². The van der Waals surface area contributed by atoms with Gasteiger partial charge < -0.3 is 24.0 Å². The Morgan fingerprint density at radius 1 is 1.12 bits per heavy atom. The fourth-order valence-electron chi connectivity index (χ4n) is 1.76. The van der Waals surface area contributed by atoms with Gasteiger partial charge in [-0.2, -0.15) is 0 Å². The number of methoxy groups -OCH3 is 1. The molecule has 0 fully saturated rings. The second-order valence-corrected chi connectivity index (χ2v) is 8.28. The third-order valence-corrected chi connectivity index (χ3v) is 4.33. The van der Waals surface area contributed by atoms with Crippen molar-refractivity contribution in [3.63, 3.8) is 0 Å². The third-order valence-electron chi connectivity index (χ3n) is 3.35. The lowest BCUT2D eigenvalue weighted by Gasteiger charge is -2.24. The normalized spacial score (nSPS) is 17.5. The Kier molecular flexibility index (Phi) is 12.3. The zero-order valence-corrected chi connectivity index (χ0v) is 16.5. The minimum absolute atomic E-state index is 0.00448. The first-order valence-electron chi connectivity index (χ1n) is 8.27. The summed E-state index contributed by atoms with van der Waals surface area (Å²) in [5.41, 5.74) is 0. The van der Waals surface area contributed by atoms with E-state index in [0.29, 0.717) is 17.6 Å². The van der Waals surface area contributed by atoms with E-state index in [-0.39, 0.29) is 32.0 Å². The zero-order chi connectivity index (χ0) is 18.6. The third kappa shape index (κ3) is 14.3. The molecule has 0 aliphatic heterocycles. The van der Waals surface area contributed by atoms with Crippen LogP contribution in [0.5, 0.6) is 0 Å². The summed E-state index contributed by atoms with van der Waals surface area (Å²) in [7, 11) is 3.45. The number of ether oxygens (including phenoxy) is 2. The number of nitrogens with zero attached hydrogens (tertiary/aromatic N) is 1. The van der Waals surface area contributed by atoms with Crippen LogP contribution in [0.3, 0.4) is 0 Å². The van der Waals surface area contributed by atoms with Gasteiger partial charge in [0, 0.05) is 13.7 Å². The molecule has 9 heteroatoms. The number of likely N-dealkylation sites (N-methyl/N-ethyl adjacent to an activating group) is 1. The number of quaternary nitrogens is 1. The number of aliphatic hydroxyl groups excluding tert-OH is 1. The topological polar surface area (TPSA) is 94.5 Å². The monoisotopic (exact) mass is 372 g/mol. The largest absolute Gasteiger partial charge is 0.472 e. The number of hydrogen-bond donors (Lipinski definition) is 2. The average Bonchev–Trinajstić information content (AvgIpc) is 2.47. The predicted octanol–water partition coefficient (Wildman–Crippen LogP) is 1.41. The number of phosphoric acid groups is 1.